The van der Waals surface area contributed by atoms with Gasteiger partial charge in [0.2, 0.25) is 5.91 Å². The fourth-order valence-corrected chi connectivity index (χ4v) is 6.80. The van der Waals surface area contributed by atoms with Crippen LogP contribution in [0.5, 0.6) is 0 Å². The zero-order valence-electron chi connectivity index (χ0n) is 22.0. The normalized spacial score (nSPS) is 17.2. The molecule has 0 atom stereocenters. The summed E-state index contributed by atoms with van der Waals surface area (Å²) >= 11 is 8.11. The molecule has 1 aromatic heterocycles. The van der Waals surface area contributed by atoms with Crippen molar-refractivity contribution in [1.29, 1.82) is 0 Å². The molecule has 1 aliphatic rings. The molecule has 202 valence electrons. The van der Waals surface area contributed by atoms with Crippen LogP contribution in [-0.4, -0.2) is 35.8 Å². The van der Waals surface area contributed by atoms with Gasteiger partial charge < -0.3 is 15.5 Å². The SMILES string of the molecule is CNC1CCC(N(Cc2cc(-c3ccc(NC(C)=O)cc3)ccc2F)C(=O)c2sc3ccccc3c2Cl)CC1. The van der Waals surface area contributed by atoms with Gasteiger partial charge in [-0.1, -0.05) is 48.0 Å². The molecule has 2 N–H and O–H groups in total. The largest absolute Gasteiger partial charge is 0.330 e. The third-order valence-corrected chi connectivity index (χ3v) is 9.12. The first kappa shape index (κ1) is 27.3. The number of halogens is 2. The van der Waals surface area contributed by atoms with E-state index in [0.29, 0.717) is 27.2 Å². The summed E-state index contributed by atoms with van der Waals surface area (Å²) in [5.74, 6) is -0.643. The Morgan fingerprint density at radius 1 is 1.00 bits per heavy atom. The molecule has 2 amide bonds. The Kier molecular flexibility index (Phi) is 8.31. The van der Waals surface area contributed by atoms with Crippen molar-refractivity contribution in [1.82, 2.24) is 10.2 Å². The number of fused-ring (bicyclic) bond motifs is 1. The molecular formula is C31H31ClFN3O2S. The molecule has 0 bridgehead atoms. The Balaban J connectivity index is 1.47. The lowest BCUT2D eigenvalue weighted by Crippen LogP contribution is -2.44. The van der Waals surface area contributed by atoms with Gasteiger partial charge >= 0.3 is 0 Å². The lowest BCUT2D eigenvalue weighted by molar-refractivity contribution is -0.114. The van der Waals surface area contributed by atoms with Crippen LogP contribution in [0.1, 0.15) is 47.8 Å². The molecule has 1 saturated carbocycles. The van der Waals surface area contributed by atoms with E-state index in [1.165, 1.54) is 24.3 Å². The zero-order valence-corrected chi connectivity index (χ0v) is 23.5. The van der Waals surface area contributed by atoms with E-state index in [9.17, 15) is 9.59 Å². The Bertz CT molecular complexity index is 1500. The van der Waals surface area contributed by atoms with Gasteiger partial charge in [-0.25, -0.2) is 4.39 Å². The maximum absolute atomic E-state index is 15.2. The molecule has 1 aliphatic carbocycles. The molecular weight excluding hydrogens is 533 g/mol. The summed E-state index contributed by atoms with van der Waals surface area (Å²) in [6.07, 6.45) is 3.58. The van der Waals surface area contributed by atoms with Gasteiger partial charge in [0.05, 0.1) is 5.02 Å². The predicted molar refractivity (Wildman–Crippen MR) is 158 cm³/mol. The van der Waals surface area contributed by atoms with E-state index in [1.807, 2.05) is 66.5 Å². The predicted octanol–water partition coefficient (Wildman–Crippen LogP) is 7.49. The number of carbonyl (C=O) groups is 2. The number of thiophene rings is 1. The first-order valence-corrected chi connectivity index (χ1v) is 14.3. The monoisotopic (exact) mass is 563 g/mol. The smallest absolute Gasteiger partial charge is 0.266 e. The van der Waals surface area contributed by atoms with E-state index in [2.05, 4.69) is 10.6 Å². The van der Waals surface area contributed by atoms with Crippen molar-refractivity contribution < 1.29 is 14.0 Å². The van der Waals surface area contributed by atoms with Crippen molar-refractivity contribution in [3.05, 3.63) is 88.0 Å². The van der Waals surface area contributed by atoms with Gasteiger partial charge in [-0.3, -0.25) is 9.59 Å². The minimum Gasteiger partial charge on any atom is -0.330 e. The lowest BCUT2D eigenvalue weighted by atomic mass is 9.89. The molecule has 0 unspecified atom stereocenters. The van der Waals surface area contributed by atoms with Crippen molar-refractivity contribution in [2.75, 3.05) is 12.4 Å². The van der Waals surface area contributed by atoms with Crippen molar-refractivity contribution >= 4 is 50.5 Å². The van der Waals surface area contributed by atoms with Gasteiger partial charge in [0.1, 0.15) is 10.7 Å². The van der Waals surface area contributed by atoms with Gasteiger partial charge in [-0.15, -0.1) is 11.3 Å². The quantitative estimate of drug-likeness (QED) is 0.245. The summed E-state index contributed by atoms with van der Waals surface area (Å²) in [6.45, 7) is 1.62. The van der Waals surface area contributed by atoms with Crippen LogP contribution in [0.15, 0.2) is 66.7 Å². The Labute approximate surface area is 237 Å². The van der Waals surface area contributed by atoms with Crippen LogP contribution in [0.4, 0.5) is 10.1 Å². The van der Waals surface area contributed by atoms with Crippen LogP contribution in [0.3, 0.4) is 0 Å². The van der Waals surface area contributed by atoms with E-state index >= 15 is 4.39 Å². The molecule has 0 aliphatic heterocycles. The maximum atomic E-state index is 15.2. The molecule has 0 radical (unpaired) electrons. The Morgan fingerprint density at radius 3 is 2.36 bits per heavy atom. The van der Waals surface area contributed by atoms with E-state index in [4.69, 9.17) is 11.6 Å². The standard InChI is InChI=1S/C31H31ClFN3O2S/c1-19(37)35-24-10-7-20(8-11-24)21-9-16-27(33)22(17-21)18-36(25-14-12-23(34-2)13-15-25)31(38)30-29(32)26-5-3-4-6-28(26)39-30/h3-11,16-17,23,25,34H,12-15,18H2,1-2H3,(H,35,37). The number of hydrogen-bond donors (Lipinski definition) is 2. The van der Waals surface area contributed by atoms with Crippen LogP contribution in [-0.2, 0) is 11.3 Å². The highest BCUT2D eigenvalue weighted by molar-refractivity contribution is 7.21. The van der Waals surface area contributed by atoms with Crippen LogP contribution in [0, 0.1) is 5.82 Å². The molecule has 39 heavy (non-hydrogen) atoms. The molecule has 8 heteroatoms. The topological polar surface area (TPSA) is 61.4 Å². The molecule has 0 saturated heterocycles. The number of nitrogens with zero attached hydrogens (tertiary/aromatic N) is 1. The summed E-state index contributed by atoms with van der Waals surface area (Å²) in [6, 6.07) is 20.6. The minimum absolute atomic E-state index is 0.0108. The number of hydrogen-bond acceptors (Lipinski definition) is 4. The minimum atomic E-state index is -0.349. The highest BCUT2D eigenvalue weighted by Crippen LogP contribution is 2.38. The number of amides is 2. The van der Waals surface area contributed by atoms with Crippen LogP contribution in [0.25, 0.3) is 21.2 Å². The number of carbonyl (C=O) groups excluding carboxylic acids is 2. The number of nitrogens with one attached hydrogen (secondary N) is 2. The summed E-state index contributed by atoms with van der Waals surface area (Å²) < 4.78 is 16.2. The van der Waals surface area contributed by atoms with E-state index in [-0.39, 0.29) is 30.2 Å². The van der Waals surface area contributed by atoms with E-state index < -0.39 is 0 Å². The second-order valence-electron chi connectivity index (χ2n) is 10.0. The Morgan fingerprint density at radius 2 is 1.69 bits per heavy atom. The summed E-state index contributed by atoms with van der Waals surface area (Å²) in [5, 5.41) is 7.43. The highest BCUT2D eigenvalue weighted by atomic mass is 35.5. The van der Waals surface area contributed by atoms with Gasteiger partial charge in [-0.05, 0) is 74.2 Å². The summed E-state index contributed by atoms with van der Waals surface area (Å²) in [7, 11) is 1.97. The number of anilines is 1. The van der Waals surface area contributed by atoms with Gasteiger partial charge in [0.25, 0.3) is 5.91 Å². The Hall–Kier alpha value is -3.26. The molecule has 0 spiro atoms. The summed E-state index contributed by atoms with van der Waals surface area (Å²) in [5.41, 5.74) is 2.89. The molecule has 4 aromatic rings. The average molecular weight is 564 g/mol. The van der Waals surface area contributed by atoms with E-state index in [1.54, 1.807) is 6.07 Å². The molecule has 3 aromatic carbocycles. The van der Waals surface area contributed by atoms with Gasteiger partial charge in [-0.2, -0.15) is 0 Å². The molecule has 1 heterocycles. The fraction of sp³-hybridized carbons (Fsp3) is 0.290. The number of rotatable bonds is 7. The van der Waals surface area contributed by atoms with Gasteiger partial charge in [0, 0.05) is 46.9 Å². The second kappa shape index (κ2) is 11.9. The van der Waals surface area contributed by atoms with Crippen molar-refractivity contribution in [3.8, 4) is 11.1 Å². The van der Waals surface area contributed by atoms with Crippen LogP contribution in [0.2, 0.25) is 5.02 Å². The molecule has 5 nitrogen and oxygen atoms in total. The maximum Gasteiger partial charge on any atom is 0.266 e. The first-order valence-electron chi connectivity index (χ1n) is 13.2. The third-order valence-electron chi connectivity index (χ3n) is 7.46. The lowest BCUT2D eigenvalue weighted by Gasteiger charge is -2.37. The number of benzene rings is 3. The van der Waals surface area contributed by atoms with Crippen molar-refractivity contribution in [2.45, 2.75) is 51.2 Å². The first-order chi connectivity index (χ1) is 18.8. The molecule has 1 fully saturated rings. The average Bonchev–Trinajstić information content (AvgIpc) is 3.29. The summed E-state index contributed by atoms with van der Waals surface area (Å²) in [4.78, 5) is 27.7. The zero-order chi connectivity index (χ0) is 27.5. The fourth-order valence-electron chi connectivity index (χ4n) is 5.33. The van der Waals surface area contributed by atoms with Crippen LogP contribution >= 0.6 is 22.9 Å². The third kappa shape index (κ3) is 6.01. The molecule has 5 rings (SSSR count). The van der Waals surface area contributed by atoms with Crippen molar-refractivity contribution in [2.24, 2.45) is 0 Å². The second-order valence-corrected chi connectivity index (χ2v) is 11.5. The van der Waals surface area contributed by atoms with Crippen molar-refractivity contribution in [3.63, 3.8) is 0 Å². The van der Waals surface area contributed by atoms with Crippen LogP contribution < -0.4 is 10.6 Å². The van der Waals surface area contributed by atoms with E-state index in [0.717, 1.165) is 46.9 Å². The van der Waals surface area contributed by atoms with Gasteiger partial charge in [0.15, 0.2) is 0 Å². The highest BCUT2D eigenvalue weighted by Gasteiger charge is 2.32.